The Morgan fingerprint density at radius 1 is 0.800 bits per heavy atom. The third-order valence-corrected chi connectivity index (χ3v) is 5.23. The number of rotatable bonds is 4. The van der Waals surface area contributed by atoms with Crippen LogP contribution in [0.2, 0.25) is 0 Å². The highest BCUT2D eigenvalue weighted by molar-refractivity contribution is 7.34. The van der Waals surface area contributed by atoms with Crippen LogP contribution in [0.25, 0.3) is 11.1 Å². The SMILES string of the molecule is Cc1ccc(C(=O)c2cc(P=O)ccc2-c2ccccc2)c(C)c1C. The van der Waals surface area contributed by atoms with Crippen molar-refractivity contribution < 1.29 is 9.36 Å². The van der Waals surface area contributed by atoms with Gasteiger partial charge < -0.3 is 0 Å². The second-order valence-corrected chi connectivity index (χ2v) is 6.90. The van der Waals surface area contributed by atoms with Gasteiger partial charge in [-0.2, -0.15) is 0 Å². The van der Waals surface area contributed by atoms with Gasteiger partial charge in [0.1, 0.15) is 0 Å². The van der Waals surface area contributed by atoms with E-state index in [4.69, 9.17) is 0 Å². The van der Waals surface area contributed by atoms with E-state index in [0.29, 0.717) is 16.4 Å². The molecule has 0 fully saturated rings. The first-order valence-corrected chi connectivity index (χ1v) is 8.98. The second-order valence-electron chi connectivity index (χ2n) is 6.20. The molecule has 0 atom stereocenters. The van der Waals surface area contributed by atoms with Crippen molar-refractivity contribution in [1.29, 1.82) is 0 Å². The molecular formula is C22H19O2P. The van der Waals surface area contributed by atoms with Crippen LogP contribution in [-0.2, 0) is 4.57 Å². The lowest BCUT2D eigenvalue weighted by Gasteiger charge is -2.14. The van der Waals surface area contributed by atoms with Crippen molar-refractivity contribution in [2.45, 2.75) is 20.8 Å². The molecule has 25 heavy (non-hydrogen) atoms. The van der Waals surface area contributed by atoms with Gasteiger partial charge in [0.15, 0.2) is 14.2 Å². The van der Waals surface area contributed by atoms with Crippen molar-refractivity contribution in [2.75, 3.05) is 0 Å². The van der Waals surface area contributed by atoms with E-state index >= 15 is 0 Å². The molecule has 0 bridgehead atoms. The Kier molecular flexibility index (Phi) is 4.92. The predicted octanol–water partition coefficient (Wildman–Crippen LogP) is 5.43. The lowest BCUT2D eigenvalue weighted by molar-refractivity contribution is 0.103. The van der Waals surface area contributed by atoms with Gasteiger partial charge in [-0.25, -0.2) is 0 Å². The molecule has 2 nitrogen and oxygen atoms in total. The fourth-order valence-corrected chi connectivity index (χ4v) is 3.31. The molecule has 0 N–H and O–H groups in total. The summed E-state index contributed by atoms with van der Waals surface area (Å²) < 4.78 is 11.3. The van der Waals surface area contributed by atoms with E-state index < -0.39 is 0 Å². The number of aryl methyl sites for hydroxylation is 1. The van der Waals surface area contributed by atoms with Crippen LogP contribution in [0, 0.1) is 20.8 Å². The topological polar surface area (TPSA) is 34.1 Å². The molecule has 3 heteroatoms. The van der Waals surface area contributed by atoms with Gasteiger partial charge in [0, 0.05) is 16.4 Å². The average molecular weight is 346 g/mol. The van der Waals surface area contributed by atoms with Crippen molar-refractivity contribution in [2.24, 2.45) is 0 Å². The van der Waals surface area contributed by atoms with E-state index in [1.807, 2.05) is 69.3 Å². The lowest BCUT2D eigenvalue weighted by atomic mass is 9.90. The monoisotopic (exact) mass is 346 g/mol. The Morgan fingerprint density at radius 3 is 2.20 bits per heavy atom. The molecule has 3 rings (SSSR count). The fourth-order valence-electron chi connectivity index (χ4n) is 2.99. The number of ketones is 1. The third-order valence-electron chi connectivity index (χ3n) is 4.74. The smallest absolute Gasteiger partial charge is 0.193 e. The van der Waals surface area contributed by atoms with Crippen molar-refractivity contribution in [1.82, 2.24) is 0 Å². The predicted molar refractivity (Wildman–Crippen MR) is 103 cm³/mol. The molecule has 0 heterocycles. The van der Waals surface area contributed by atoms with Gasteiger partial charge >= 0.3 is 0 Å². The molecule has 0 aliphatic heterocycles. The summed E-state index contributed by atoms with van der Waals surface area (Å²) in [5.74, 6) is -0.0371. The molecule has 0 saturated heterocycles. The maximum atomic E-state index is 13.3. The Hall–Kier alpha value is -2.57. The maximum Gasteiger partial charge on any atom is 0.193 e. The van der Waals surface area contributed by atoms with Crippen LogP contribution in [0.4, 0.5) is 0 Å². The molecule has 0 aliphatic rings. The zero-order valence-corrected chi connectivity index (χ0v) is 15.4. The van der Waals surface area contributed by atoms with Gasteiger partial charge in [0.05, 0.1) is 0 Å². The molecule has 0 aliphatic carbocycles. The number of hydrogen-bond donors (Lipinski definition) is 0. The molecule has 0 radical (unpaired) electrons. The minimum Gasteiger partial charge on any atom is -0.289 e. The Labute approximate surface area is 149 Å². The van der Waals surface area contributed by atoms with E-state index in [-0.39, 0.29) is 14.2 Å². The van der Waals surface area contributed by atoms with Gasteiger partial charge in [0.2, 0.25) is 0 Å². The van der Waals surface area contributed by atoms with Crippen molar-refractivity contribution in [3.8, 4) is 11.1 Å². The molecule has 3 aromatic rings. The van der Waals surface area contributed by atoms with Crippen LogP contribution in [0.3, 0.4) is 0 Å². The quantitative estimate of drug-likeness (QED) is 0.466. The minimum absolute atomic E-state index is 0.0371. The van der Waals surface area contributed by atoms with Crippen LogP contribution in [0.1, 0.15) is 32.6 Å². The molecule has 0 aromatic heterocycles. The lowest BCUT2D eigenvalue weighted by Crippen LogP contribution is -2.10. The number of benzene rings is 3. The number of carbonyl (C=O) groups is 1. The first-order valence-electron chi connectivity index (χ1n) is 8.17. The largest absolute Gasteiger partial charge is 0.289 e. The first kappa shape index (κ1) is 17.3. The average Bonchev–Trinajstić information content (AvgIpc) is 2.66. The highest BCUT2D eigenvalue weighted by Gasteiger charge is 2.18. The molecular weight excluding hydrogens is 327 g/mol. The van der Waals surface area contributed by atoms with E-state index in [0.717, 1.165) is 22.3 Å². The highest BCUT2D eigenvalue weighted by Crippen LogP contribution is 2.28. The van der Waals surface area contributed by atoms with Crippen molar-refractivity contribution in [3.05, 3.63) is 88.5 Å². The normalized spacial score (nSPS) is 10.8. The van der Waals surface area contributed by atoms with Gasteiger partial charge in [-0.05, 0) is 60.7 Å². The van der Waals surface area contributed by atoms with E-state index in [2.05, 4.69) is 0 Å². The summed E-state index contributed by atoms with van der Waals surface area (Å²) in [4.78, 5) is 13.3. The molecule has 0 unspecified atom stereocenters. The summed E-state index contributed by atoms with van der Waals surface area (Å²) in [6.07, 6.45) is 0. The van der Waals surface area contributed by atoms with Gasteiger partial charge in [0.25, 0.3) is 0 Å². The van der Waals surface area contributed by atoms with Crippen LogP contribution in [0.5, 0.6) is 0 Å². The summed E-state index contributed by atoms with van der Waals surface area (Å²) >= 11 is 0. The fraction of sp³-hybridized carbons (Fsp3) is 0.136. The Morgan fingerprint density at radius 2 is 1.52 bits per heavy atom. The summed E-state index contributed by atoms with van der Waals surface area (Å²) in [6.45, 7) is 6.06. The summed E-state index contributed by atoms with van der Waals surface area (Å²) in [5.41, 5.74) is 6.40. The summed E-state index contributed by atoms with van der Waals surface area (Å²) in [7, 11) is -0.0857. The van der Waals surface area contributed by atoms with E-state index in [1.54, 1.807) is 12.1 Å². The van der Waals surface area contributed by atoms with Crippen LogP contribution in [-0.4, -0.2) is 5.78 Å². The Bertz CT molecular complexity index is 959. The van der Waals surface area contributed by atoms with Gasteiger partial charge in [-0.3, -0.25) is 9.36 Å². The highest BCUT2D eigenvalue weighted by atomic mass is 31.1. The van der Waals surface area contributed by atoms with Crippen LogP contribution in [0.15, 0.2) is 60.7 Å². The number of carbonyl (C=O) groups excluding carboxylic acids is 1. The molecule has 0 saturated carbocycles. The first-order chi connectivity index (χ1) is 12.0. The summed E-state index contributed by atoms with van der Waals surface area (Å²) in [6, 6.07) is 19.1. The standard InChI is InChI=1S/C22H19O2P/c1-14-9-11-19(16(3)15(14)2)22(23)21-13-18(25-24)10-12-20(21)17-7-5-4-6-8-17/h4-13H,1-3H3. The zero-order chi connectivity index (χ0) is 18.0. The Balaban J connectivity index is 2.20. The maximum absolute atomic E-state index is 13.3. The van der Waals surface area contributed by atoms with Gasteiger partial charge in [-0.1, -0.05) is 48.5 Å². The molecule has 124 valence electrons. The van der Waals surface area contributed by atoms with Crippen molar-refractivity contribution in [3.63, 3.8) is 0 Å². The van der Waals surface area contributed by atoms with E-state index in [9.17, 15) is 9.36 Å². The van der Waals surface area contributed by atoms with Crippen molar-refractivity contribution >= 4 is 19.5 Å². The molecule has 0 amide bonds. The minimum atomic E-state index is -0.0857. The van der Waals surface area contributed by atoms with Gasteiger partial charge in [-0.15, -0.1) is 0 Å². The molecule has 3 aromatic carbocycles. The summed E-state index contributed by atoms with van der Waals surface area (Å²) in [5, 5.41) is 0.601. The molecule has 0 spiro atoms. The van der Waals surface area contributed by atoms with Crippen LogP contribution >= 0.6 is 8.46 Å². The zero-order valence-electron chi connectivity index (χ0n) is 14.5. The van der Waals surface area contributed by atoms with Crippen LogP contribution < -0.4 is 5.30 Å². The van der Waals surface area contributed by atoms with E-state index in [1.165, 1.54) is 5.56 Å². The second kappa shape index (κ2) is 7.13. The number of hydrogen-bond acceptors (Lipinski definition) is 2. The third kappa shape index (κ3) is 3.31.